The summed E-state index contributed by atoms with van der Waals surface area (Å²) in [6, 6.07) is 8.79. The SMILES string of the molecule is CC1C(C#N)Sc2ccc(Br)cc2N1C. The fourth-order valence-corrected chi connectivity index (χ4v) is 3.18. The van der Waals surface area contributed by atoms with Crippen molar-refractivity contribution in [3.63, 3.8) is 0 Å². The van der Waals surface area contributed by atoms with E-state index in [0.717, 1.165) is 4.47 Å². The van der Waals surface area contributed by atoms with E-state index in [-0.39, 0.29) is 11.3 Å². The van der Waals surface area contributed by atoms with Crippen LogP contribution in [0.4, 0.5) is 5.69 Å². The summed E-state index contributed by atoms with van der Waals surface area (Å²) in [4.78, 5) is 3.36. The number of nitriles is 1. The molecule has 0 radical (unpaired) electrons. The molecule has 1 aliphatic rings. The second kappa shape index (κ2) is 4.07. The molecule has 4 heteroatoms. The van der Waals surface area contributed by atoms with E-state index >= 15 is 0 Å². The first-order valence-corrected chi connectivity index (χ1v) is 6.39. The molecule has 1 aliphatic heterocycles. The summed E-state index contributed by atoms with van der Waals surface area (Å²) in [5, 5.41) is 9.07. The van der Waals surface area contributed by atoms with Crippen LogP contribution in [0.15, 0.2) is 27.6 Å². The molecule has 15 heavy (non-hydrogen) atoms. The van der Waals surface area contributed by atoms with E-state index in [2.05, 4.69) is 46.0 Å². The van der Waals surface area contributed by atoms with Gasteiger partial charge in [0.05, 0.1) is 17.8 Å². The fourth-order valence-electron chi connectivity index (χ4n) is 1.66. The molecule has 0 saturated heterocycles. The number of hydrogen-bond acceptors (Lipinski definition) is 3. The molecule has 0 spiro atoms. The lowest BCUT2D eigenvalue weighted by Gasteiger charge is -2.36. The normalized spacial score (nSPS) is 24.5. The quantitative estimate of drug-likeness (QED) is 0.731. The van der Waals surface area contributed by atoms with Crippen LogP contribution in [0.5, 0.6) is 0 Å². The molecular formula is C11H11BrN2S. The minimum Gasteiger partial charge on any atom is -0.369 e. The molecule has 0 N–H and O–H groups in total. The van der Waals surface area contributed by atoms with Crippen molar-refractivity contribution in [3.8, 4) is 6.07 Å². The molecule has 0 bridgehead atoms. The van der Waals surface area contributed by atoms with Crippen LogP contribution in [-0.2, 0) is 0 Å². The molecule has 2 atom stereocenters. The third kappa shape index (κ3) is 1.86. The summed E-state index contributed by atoms with van der Waals surface area (Å²) in [7, 11) is 2.04. The van der Waals surface area contributed by atoms with Crippen molar-refractivity contribution in [3.05, 3.63) is 22.7 Å². The minimum atomic E-state index is 0.0173. The average molecular weight is 283 g/mol. The first-order valence-electron chi connectivity index (χ1n) is 4.72. The Morgan fingerprint density at radius 2 is 2.27 bits per heavy atom. The maximum Gasteiger partial charge on any atom is 0.116 e. The Morgan fingerprint density at radius 3 is 2.93 bits per heavy atom. The number of nitrogens with zero attached hydrogens (tertiary/aromatic N) is 2. The number of fused-ring (bicyclic) bond motifs is 1. The molecule has 0 amide bonds. The Morgan fingerprint density at radius 1 is 1.53 bits per heavy atom. The van der Waals surface area contributed by atoms with Gasteiger partial charge in [0.2, 0.25) is 0 Å². The highest BCUT2D eigenvalue weighted by Crippen LogP contribution is 2.41. The van der Waals surface area contributed by atoms with Crippen LogP contribution in [0, 0.1) is 11.3 Å². The molecule has 0 aliphatic carbocycles. The van der Waals surface area contributed by atoms with E-state index in [9.17, 15) is 0 Å². The predicted molar refractivity (Wildman–Crippen MR) is 67.3 cm³/mol. The van der Waals surface area contributed by atoms with Crippen LogP contribution in [0.25, 0.3) is 0 Å². The van der Waals surface area contributed by atoms with Crippen LogP contribution in [-0.4, -0.2) is 18.3 Å². The fraction of sp³-hybridized carbons (Fsp3) is 0.364. The summed E-state index contributed by atoms with van der Waals surface area (Å²) in [6.07, 6.45) is 0. The highest BCUT2D eigenvalue weighted by Gasteiger charge is 2.29. The van der Waals surface area contributed by atoms with Gasteiger partial charge >= 0.3 is 0 Å². The molecule has 1 aromatic carbocycles. The maximum atomic E-state index is 9.05. The van der Waals surface area contributed by atoms with Gasteiger partial charge in [-0.3, -0.25) is 0 Å². The first kappa shape index (κ1) is 10.8. The monoisotopic (exact) mass is 282 g/mol. The van der Waals surface area contributed by atoms with Crippen molar-refractivity contribution >= 4 is 33.4 Å². The van der Waals surface area contributed by atoms with Crippen molar-refractivity contribution in [2.45, 2.75) is 23.1 Å². The summed E-state index contributed by atoms with van der Waals surface area (Å²) in [5.41, 5.74) is 1.20. The van der Waals surface area contributed by atoms with Crippen LogP contribution in [0.1, 0.15) is 6.92 Å². The lowest BCUT2D eigenvalue weighted by Crippen LogP contribution is -2.39. The van der Waals surface area contributed by atoms with E-state index in [1.807, 2.05) is 13.1 Å². The zero-order valence-electron chi connectivity index (χ0n) is 8.57. The van der Waals surface area contributed by atoms with Gasteiger partial charge in [-0.15, -0.1) is 11.8 Å². The zero-order valence-corrected chi connectivity index (χ0v) is 11.0. The van der Waals surface area contributed by atoms with Crippen molar-refractivity contribution in [1.29, 1.82) is 5.26 Å². The molecular weight excluding hydrogens is 272 g/mol. The number of rotatable bonds is 0. The Hall–Kier alpha value is -0.660. The molecule has 2 nitrogen and oxygen atoms in total. The average Bonchev–Trinajstić information content (AvgIpc) is 2.24. The number of halogens is 1. The van der Waals surface area contributed by atoms with E-state index in [1.165, 1.54) is 10.6 Å². The summed E-state index contributed by atoms with van der Waals surface area (Å²) in [5.74, 6) is 0. The number of thioether (sulfide) groups is 1. The Balaban J connectivity index is 2.46. The van der Waals surface area contributed by atoms with Crippen molar-refractivity contribution < 1.29 is 0 Å². The second-order valence-corrected chi connectivity index (χ2v) is 5.73. The van der Waals surface area contributed by atoms with E-state index in [4.69, 9.17) is 5.26 Å². The van der Waals surface area contributed by atoms with Crippen LogP contribution >= 0.6 is 27.7 Å². The van der Waals surface area contributed by atoms with Gasteiger partial charge < -0.3 is 4.90 Å². The van der Waals surface area contributed by atoms with Gasteiger partial charge in [0.25, 0.3) is 0 Å². The standard InChI is InChI=1S/C11H11BrN2S/c1-7-11(6-13)15-10-4-3-8(12)5-9(10)14(7)2/h3-5,7,11H,1-2H3. The Labute approximate surface area is 102 Å². The Kier molecular flexibility index (Phi) is 2.94. The predicted octanol–water partition coefficient (Wildman–Crippen LogP) is 3.27. The van der Waals surface area contributed by atoms with E-state index < -0.39 is 0 Å². The highest BCUT2D eigenvalue weighted by molar-refractivity contribution is 9.10. The molecule has 0 aromatic heterocycles. The van der Waals surface area contributed by atoms with Gasteiger partial charge in [0.15, 0.2) is 0 Å². The topological polar surface area (TPSA) is 27.0 Å². The second-order valence-electron chi connectivity index (χ2n) is 3.63. The van der Waals surface area contributed by atoms with Gasteiger partial charge in [-0.05, 0) is 25.1 Å². The number of hydrogen-bond donors (Lipinski definition) is 0. The molecule has 1 heterocycles. The van der Waals surface area contributed by atoms with E-state index in [1.54, 1.807) is 11.8 Å². The number of anilines is 1. The summed E-state index contributed by atoms with van der Waals surface area (Å²) >= 11 is 5.12. The highest BCUT2D eigenvalue weighted by atomic mass is 79.9. The van der Waals surface area contributed by atoms with Crippen molar-refractivity contribution in [2.75, 3.05) is 11.9 Å². The van der Waals surface area contributed by atoms with E-state index in [0.29, 0.717) is 0 Å². The lowest BCUT2D eigenvalue weighted by molar-refractivity contribution is 0.697. The van der Waals surface area contributed by atoms with Crippen LogP contribution < -0.4 is 4.90 Å². The van der Waals surface area contributed by atoms with Gasteiger partial charge in [-0.2, -0.15) is 5.26 Å². The maximum absolute atomic E-state index is 9.05. The van der Waals surface area contributed by atoms with Crippen molar-refractivity contribution in [2.24, 2.45) is 0 Å². The summed E-state index contributed by atoms with van der Waals surface area (Å²) in [6.45, 7) is 2.09. The first-order chi connectivity index (χ1) is 7.13. The third-order valence-corrected chi connectivity index (χ3v) is 4.58. The summed E-state index contributed by atoms with van der Waals surface area (Å²) < 4.78 is 1.08. The van der Waals surface area contributed by atoms with Crippen molar-refractivity contribution in [1.82, 2.24) is 0 Å². The molecule has 2 rings (SSSR count). The minimum absolute atomic E-state index is 0.0173. The third-order valence-electron chi connectivity index (χ3n) is 2.73. The van der Waals surface area contributed by atoms with Gasteiger partial charge in [0.1, 0.15) is 5.25 Å². The smallest absolute Gasteiger partial charge is 0.116 e. The molecule has 2 unspecified atom stereocenters. The molecule has 1 aromatic rings. The van der Waals surface area contributed by atoms with Crippen LogP contribution in [0.3, 0.4) is 0 Å². The Bertz CT molecular complexity index is 427. The van der Waals surface area contributed by atoms with Gasteiger partial charge in [-0.25, -0.2) is 0 Å². The molecule has 0 fully saturated rings. The lowest BCUT2D eigenvalue weighted by atomic mass is 10.2. The van der Waals surface area contributed by atoms with Gasteiger partial charge in [-0.1, -0.05) is 15.9 Å². The largest absolute Gasteiger partial charge is 0.369 e. The zero-order chi connectivity index (χ0) is 11.0. The van der Waals surface area contributed by atoms with Crippen LogP contribution in [0.2, 0.25) is 0 Å². The molecule has 0 saturated carbocycles. The molecule has 78 valence electrons. The van der Waals surface area contributed by atoms with Gasteiger partial charge in [0, 0.05) is 16.4 Å². The number of benzene rings is 1.